The topological polar surface area (TPSA) is 26.3 Å². The highest BCUT2D eigenvalue weighted by atomic mass is 32.2. The van der Waals surface area contributed by atoms with Crippen molar-refractivity contribution in [2.75, 3.05) is 18.1 Å². The number of ketones is 1. The summed E-state index contributed by atoms with van der Waals surface area (Å²) in [5.74, 6) is 2.56. The summed E-state index contributed by atoms with van der Waals surface area (Å²) in [7, 11) is 0. The van der Waals surface area contributed by atoms with Gasteiger partial charge in [0.25, 0.3) is 0 Å². The van der Waals surface area contributed by atoms with Gasteiger partial charge in [0.05, 0.1) is 12.2 Å². The number of Topliss-reactive ketones (excluding diaryl/α,β-unsaturated/α-hetero) is 1. The fourth-order valence-corrected chi connectivity index (χ4v) is 2.59. The highest BCUT2D eigenvalue weighted by Gasteiger charge is 2.06. The molecule has 0 aliphatic heterocycles. The molecule has 0 aliphatic rings. The van der Waals surface area contributed by atoms with E-state index in [9.17, 15) is 4.79 Å². The first-order valence-corrected chi connectivity index (χ1v) is 8.45. The molecule has 0 bridgehead atoms. The van der Waals surface area contributed by atoms with Gasteiger partial charge in [-0.1, -0.05) is 54.6 Å². The molecule has 0 unspecified atom stereocenters. The number of hydrogen-bond acceptors (Lipinski definition) is 3. The number of ether oxygens (including phenoxy) is 1. The van der Waals surface area contributed by atoms with Gasteiger partial charge >= 0.3 is 0 Å². The van der Waals surface area contributed by atoms with Gasteiger partial charge in [-0.15, -0.1) is 0 Å². The van der Waals surface area contributed by atoms with Crippen LogP contribution in [0.15, 0.2) is 60.7 Å². The van der Waals surface area contributed by atoms with Gasteiger partial charge in [-0.05, 0) is 24.6 Å². The third kappa shape index (κ3) is 5.41. The lowest BCUT2D eigenvalue weighted by atomic mass is 10.1. The molecule has 3 heteroatoms. The van der Waals surface area contributed by atoms with Gasteiger partial charge in [0.1, 0.15) is 5.75 Å². The van der Waals surface area contributed by atoms with Crippen LogP contribution in [0.4, 0.5) is 0 Å². The molecular weight excluding hydrogens is 292 g/mol. The summed E-state index contributed by atoms with van der Waals surface area (Å²) < 4.78 is 5.70. The zero-order valence-corrected chi connectivity index (χ0v) is 13.5. The first-order valence-electron chi connectivity index (χ1n) is 7.29. The van der Waals surface area contributed by atoms with Crippen LogP contribution < -0.4 is 4.74 Å². The summed E-state index contributed by atoms with van der Waals surface area (Å²) in [5, 5.41) is 0. The van der Waals surface area contributed by atoms with Gasteiger partial charge in [-0.2, -0.15) is 11.8 Å². The van der Waals surface area contributed by atoms with Crippen molar-refractivity contribution in [3.05, 3.63) is 71.8 Å². The SMILES string of the molecule is CC(=O)c1ccccc1OCCSC/C=C/c1ccccc1. The average molecular weight is 312 g/mol. The van der Waals surface area contributed by atoms with E-state index >= 15 is 0 Å². The predicted octanol–water partition coefficient (Wildman–Crippen LogP) is 4.71. The molecule has 0 heterocycles. The van der Waals surface area contributed by atoms with E-state index in [4.69, 9.17) is 4.74 Å². The Hall–Kier alpha value is -2.00. The molecule has 114 valence electrons. The summed E-state index contributed by atoms with van der Waals surface area (Å²) in [6, 6.07) is 17.6. The van der Waals surface area contributed by atoms with Crippen LogP contribution in [0, 0.1) is 0 Å². The van der Waals surface area contributed by atoms with E-state index in [0.29, 0.717) is 17.9 Å². The Kier molecular flexibility index (Phi) is 6.78. The smallest absolute Gasteiger partial charge is 0.163 e. The van der Waals surface area contributed by atoms with Gasteiger partial charge in [-0.3, -0.25) is 4.79 Å². The van der Waals surface area contributed by atoms with Crippen molar-refractivity contribution < 1.29 is 9.53 Å². The number of para-hydroxylation sites is 1. The largest absolute Gasteiger partial charge is 0.492 e. The van der Waals surface area contributed by atoms with Crippen LogP contribution in [-0.4, -0.2) is 23.9 Å². The maximum atomic E-state index is 11.5. The van der Waals surface area contributed by atoms with E-state index in [-0.39, 0.29) is 5.78 Å². The van der Waals surface area contributed by atoms with Gasteiger partial charge in [0.15, 0.2) is 5.78 Å². The predicted molar refractivity (Wildman–Crippen MR) is 94.7 cm³/mol. The minimum Gasteiger partial charge on any atom is -0.492 e. The van der Waals surface area contributed by atoms with Crippen molar-refractivity contribution in [3.8, 4) is 5.75 Å². The van der Waals surface area contributed by atoms with E-state index in [0.717, 1.165) is 11.5 Å². The maximum absolute atomic E-state index is 11.5. The number of rotatable bonds is 8. The lowest BCUT2D eigenvalue weighted by Gasteiger charge is -2.08. The Labute approximate surface area is 136 Å². The fourth-order valence-electron chi connectivity index (χ4n) is 1.99. The molecular formula is C19H20O2S. The van der Waals surface area contributed by atoms with Crippen LogP contribution in [-0.2, 0) is 0 Å². The maximum Gasteiger partial charge on any atom is 0.163 e. The Morgan fingerprint density at radius 3 is 2.59 bits per heavy atom. The number of benzene rings is 2. The van der Waals surface area contributed by atoms with Crippen molar-refractivity contribution in [2.45, 2.75) is 6.92 Å². The normalized spacial score (nSPS) is 10.8. The second-order valence-electron chi connectivity index (χ2n) is 4.79. The quantitative estimate of drug-likeness (QED) is 0.521. The molecule has 0 N–H and O–H groups in total. The van der Waals surface area contributed by atoms with Crippen LogP contribution in [0.3, 0.4) is 0 Å². The zero-order chi connectivity index (χ0) is 15.6. The molecule has 0 amide bonds. The monoisotopic (exact) mass is 312 g/mol. The molecule has 2 aromatic rings. The van der Waals surface area contributed by atoms with Gasteiger partial charge in [0.2, 0.25) is 0 Å². The molecule has 0 atom stereocenters. The lowest BCUT2D eigenvalue weighted by Crippen LogP contribution is -2.04. The molecule has 0 spiro atoms. The second kappa shape index (κ2) is 9.11. The number of thioether (sulfide) groups is 1. The Morgan fingerprint density at radius 2 is 1.82 bits per heavy atom. The zero-order valence-electron chi connectivity index (χ0n) is 12.7. The summed E-state index contributed by atoms with van der Waals surface area (Å²) >= 11 is 1.81. The summed E-state index contributed by atoms with van der Waals surface area (Å²) in [4.78, 5) is 11.5. The number of hydrogen-bond donors (Lipinski definition) is 0. The average Bonchev–Trinajstić information content (AvgIpc) is 2.55. The molecule has 0 saturated carbocycles. The first-order chi connectivity index (χ1) is 10.8. The van der Waals surface area contributed by atoms with E-state index in [2.05, 4.69) is 24.3 Å². The molecule has 22 heavy (non-hydrogen) atoms. The fraction of sp³-hybridized carbons (Fsp3) is 0.211. The highest BCUT2D eigenvalue weighted by molar-refractivity contribution is 7.99. The van der Waals surface area contributed by atoms with Crippen molar-refractivity contribution in [1.82, 2.24) is 0 Å². The van der Waals surface area contributed by atoms with Gasteiger partial charge in [-0.25, -0.2) is 0 Å². The molecule has 2 aromatic carbocycles. The van der Waals surface area contributed by atoms with Crippen molar-refractivity contribution >= 4 is 23.6 Å². The minimum atomic E-state index is 0.0362. The van der Waals surface area contributed by atoms with E-state index in [1.54, 1.807) is 13.0 Å². The van der Waals surface area contributed by atoms with E-state index in [1.807, 2.05) is 48.2 Å². The summed E-state index contributed by atoms with van der Waals surface area (Å²) in [5.41, 5.74) is 1.87. The van der Waals surface area contributed by atoms with Crippen LogP contribution in [0.1, 0.15) is 22.8 Å². The van der Waals surface area contributed by atoms with Gasteiger partial charge < -0.3 is 4.74 Å². The Bertz CT molecular complexity index is 620. The van der Waals surface area contributed by atoms with Crippen LogP contribution >= 0.6 is 11.8 Å². The third-order valence-corrected chi connectivity index (χ3v) is 3.96. The van der Waals surface area contributed by atoms with Gasteiger partial charge in [0, 0.05) is 11.5 Å². The molecule has 0 aliphatic carbocycles. The third-order valence-electron chi connectivity index (χ3n) is 3.08. The van der Waals surface area contributed by atoms with Crippen molar-refractivity contribution in [1.29, 1.82) is 0 Å². The second-order valence-corrected chi connectivity index (χ2v) is 5.94. The van der Waals surface area contributed by atoms with Crippen LogP contribution in [0.25, 0.3) is 6.08 Å². The summed E-state index contributed by atoms with van der Waals surface area (Å²) in [6.07, 6.45) is 4.28. The first kappa shape index (κ1) is 16.4. The van der Waals surface area contributed by atoms with Crippen LogP contribution in [0.5, 0.6) is 5.75 Å². The van der Waals surface area contributed by atoms with E-state index in [1.165, 1.54) is 5.56 Å². The lowest BCUT2D eigenvalue weighted by molar-refractivity contribution is 0.101. The van der Waals surface area contributed by atoms with Crippen molar-refractivity contribution in [2.24, 2.45) is 0 Å². The number of carbonyl (C=O) groups excluding carboxylic acids is 1. The van der Waals surface area contributed by atoms with E-state index < -0.39 is 0 Å². The Balaban J connectivity index is 1.68. The standard InChI is InChI=1S/C19H20O2S/c1-16(20)18-11-5-6-12-19(18)21-13-15-22-14-7-10-17-8-3-2-4-9-17/h2-12H,13-15H2,1H3/b10-7+. The number of carbonyl (C=O) groups is 1. The highest BCUT2D eigenvalue weighted by Crippen LogP contribution is 2.18. The minimum absolute atomic E-state index is 0.0362. The molecule has 0 fully saturated rings. The molecule has 0 radical (unpaired) electrons. The molecule has 2 nitrogen and oxygen atoms in total. The summed E-state index contributed by atoms with van der Waals surface area (Å²) in [6.45, 7) is 2.17. The Morgan fingerprint density at radius 1 is 1.09 bits per heavy atom. The molecule has 0 saturated heterocycles. The molecule has 2 rings (SSSR count). The van der Waals surface area contributed by atoms with Crippen molar-refractivity contribution in [3.63, 3.8) is 0 Å². The molecule has 0 aromatic heterocycles. The van der Waals surface area contributed by atoms with Crippen LogP contribution in [0.2, 0.25) is 0 Å².